The molecule has 2 rings (SSSR count). The van der Waals surface area contributed by atoms with Gasteiger partial charge in [0.25, 0.3) is 0 Å². The topological polar surface area (TPSA) is 35.2 Å². The van der Waals surface area contributed by atoms with Gasteiger partial charge in [0, 0.05) is 6.04 Å². The Bertz CT molecular complexity index is 253. The minimum absolute atomic E-state index is 0.339. The van der Waals surface area contributed by atoms with Crippen LogP contribution < -0.4 is 5.73 Å². The molecule has 0 heterocycles. The van der Waals surface area contributed by atoms with Gasteiger partial charge in [0.2, 0.25) is 0 Å². The third-order valence-electron chi connectivity index (χ3n) is 4.50. The summed E-state index contributed by atoms with van der Waals surface area (Å²) in [6.45, 7) is 0. The Morgan fingerprint density at radius 1 is 0.778 bits per heavy atom. The molecule has 0 unspecified atom stereocenters. The monoisotopic (exact) mass is 265 g/mol. The smallest absolute Gasteiger partial charge is 0.328 e. The van der Waals surface area contributed by atoms with E-state index in [1.165, 1.54) is 0 Å². The molecule has 2 fully saturated rings. The number of hydrogen-bond donors (Lipinski definition) is 1. The Balaban J connectivity index is 1.73. The zero-order valence-electron chi connectivity index (χ0n) is 10.6. The first-order chi connectivity index (χ1) is 8.44. The normalized spacial score (nSPS) is 38.7. The molecule has 0 aromatic carbocycles. The van der Waals surface area contributed by atoms with Crippen LogP contribution in [-0.4, -0.2) is 18.5 Å². The molecule has 2 saturated carbocycles. The lowest BCUT2D eigenvalue weighted by Gasteiger charge is -2.37. The molecule has 0 saturated heterocycles. The molecule has 5 heteroatoms. The van der Waals surface area contributed by atoms with Crippen molar-refractivity contribution >= 4 is 0 Å². The van der Waals surface area contributed by atoms with Crippen LogP contribution in [0.15, 0.2) is 0 Å². The lowest BCUT2D eigenvalue weighted by atomic mass is 9.72. The fourth-order valence-electron chi connectivity index (χ4n) is 3.48. The maximum Gasteiger partial charge on any atom is 0.522 e. The molecule has 0 atom stereocenters. The van der Waals surface area contributed by atoms with Crippen molar-refractivity contribution in [3.63, 3.8) is 0 Å². The van der Waals surface area contributed by atoms with Crippen LogP contribution in [0, 0.1) is 11.8 Å². The van der Waals surface area contributed by atoms with Gasteiger partial charge in [0.15, 0.2) is 0 Å². The van der Waals surface area contributed by atoms with Crippen LogP contribution >= 0.6 is 0 Å². The van der Waals surface area contributed by atoms with E-state index in [-0.39, 0.29) is 0 Å². The molecule has 0 radical (unpaired) electrons. The van der Waals surface area contributed by atoms with Crippen LogP contribution in [0.4, 0.5) is 13.2 Å². The zero-order chi connectivity index (χ0) is 13.2. The van der Waals surface area contributed by atoms with Crippen LogP contribution in [0.25, 0.3) is 0 Å². The number of halogens is 3. The first kappa shape index (κ1) is 14.1. The van der Waals surface area contributed by atoms with Crippen molar-refractivity contribution in [3.05, 3.63) is 0 Å². The number of nitrogens with two attached hydrogens (primary N) is 1. The first-order valence-corrected chi connectivity index (χ1v) is 6.94. The van der Waals surface area contributed by atoms with Gasteiger partial charge >= 0.3 is 6.36 Å². The van der Waals surface area contributed by atoms with E-state index in [9.17, 15) is 13.2 Å². The lowest BCUT2D eigenvalue weighted by Crippen LogP contribution is -2.33. The average molecular weight is 265 g/mol. The molecular weight excluding hydrogens is 243 g/mol. The molecule has 18 heavy (non-hydrogen) atoms. The predicted molar refractivity (Wildman–Crippen MR) is 62.8 cm³/mol. The van der Waals surface area contributed by atoms with Crippen LogP contribution in [0.1, 0.15) is 51.4 Å². The zero-order valence-corrected chi connectivity index (χ0v) is 10.6. The summed E-state index contributed by atoms with van der Waals surface area (Å²) in [5.74, 6) is 1.27. The van der Waals surface area contributed by atoms with E-state index in [0.29, 0.717) is 30.7 Å². The van der Waals surface area contributed by atoms with E-state index >= 15 is 0 Å². The standard InChI is InChI=1S/C13H22F3NO/c14-13(15,16)18-12-7-3-10(4-8-12)9-1-5-11(17)6-2-9/h9-12H,1-8,17H2. The maximum atomic E-state index is 12.1. The second kappa shape index (κ2) is 5.78. The van der Waals surface area contributed by atoms with Crippen LogP contribution in [0.5, 0.6) is 0 Å². The third-order valence-corrected chi connectivity index (χ3v) is 4.50. The Morgan fingerprint density at radius 2 is 1.22 bits per heavy atom. The fourth-order valence-corrected chi connectivity index (χ4v) is 3.48. The molecular formula is C13H22F3NO. The molecule has 0 aliphatic heterocycles. The molecule has 0 aromatic rings. The third kappa shape index (κ3) is 4.12. The van der Waals surface area contributed by atoms with Gasteiger partial charge < -0.3 is 5.73 Å². The second-order valence-corrected chi connectivity index (χ2v) is 5.78. The van der Waals surface area contributed by atoms with Crippen LogP contribution in [-0.2, 0) is 4.74 Å². The Labute approximate surface area is 106 Å². The number of alkyl halides is 3. The predicted octanol–water partition coefficient (Wildman–Crippen LogP) is 3.60. The second-order valence-electron chi connectivity index (χ2n) is 5.78. The lowest BCUT2D eigenvalue weighted by molar-refractivity contribution is -0.346. The fraction of sp³-hybridized carbons (Fsp3) is 1.00. The van der Waals surface area contributed by atoms with Gasteiger partial charge in [-0.25, -0.2) is 0 Å². The van der Waals surface area contributed by atoms with Crippen molar-refractivity contribution in [2.75, 3.05) is 0 Å². The molecule has 2 aliphatic carbocycles. The van der Waals surface area contributed by atoms with Gasteiger partial charge in [-0.3, -0.25) is 4.74 Å². The van der Waals surface area contributed by atoms with Crippen molar-refractivity contribution < 1.29 is 17.9 Å². The van der Waals surface area contributed by atoms with Gasteiger partial charge in [0.05, 0.1) is 6.10 Å². The minimum atomic E-state index is -4.48. The van der Waals surface area contributed by atoms with Crippen molar-refractivity contribution in [1.29, 1.82) is 0 Å². The van der Waals surface area contributed by atoms with Crippen molar-refractivity contribution in [2.24, 2.45) is 17.6 Å². The number of hydrogen-bond acceptors (Lipinski definition) is 2. The van der Waals surface area contributed by atoms with E-state index < -0.39 is 12.5 Å². The Kier molecular flexibility index (Phi) is 4.54. The highest BCUT2D eigenvalue weighted by molar-refractivity contribution is 4.83. The van der Waals surface area contributed by atoms with Crippen molar-refractivity contribution in [3.8, 4) is 0 Å². The summed E-state index contributed by atoms with van der Waals surface area (Å²) in [4.78, 5) is 0. The molecule has 2 nitrogen and oxygen atoms in total. The Hall–Kier alpha value is -0.290. The minimum Gasteiger partial charge on any atom is -0.328 e. The van der Waals surface area contributed by atoms with E-state index in [1.807, 2.05) is 0 Å². The highest BCUT2D eigenvalue weighted by atomic mass is 19.4. The summed E-state index contributed by atoms with van der Waals surface area (Å²) < 4.78 is 40.4. The van der Waals surface area contributed by atoms with Crippen LogP contribution in [0.2, 0.25) is 0 Å². The van der Waals surface area contributed by atoms with Crippen LogP contribution in [0.3, 0.4) is 0 Å². The molecule has 0 amide bonds. The maximum absolute atomic E-state index is 12.1. The number of ether oxygens (including phenoxy) is 1. The highest BCUT2D eigenvalue weighted by Gasteiger charge is 2.37. The van der Waals surface area contributed by atoms with E-state index in [2.05, 4.69) is 4.74 Å². The van der Waals surface area contributed by atoms with Crippen molar-refractivity contribution in [1.82, 2.24) is 0 Å². The summed E-state index contributed by atoms with van der Waals surface area (Å²) in [5.41, 5.74) is 5.87. The Morgan fingerprint density at radius 3 is 1.67 bits per heavy atom. The summed E-state index contributed by atoms with van der Waals surface area (Å²) >= 11 is 0. The summed E-state index contributed by atoms with van der Waals surface area (Å²) in [6, 6.07) is 0.339. The van der Waals surface area contributed by atoms with Gasteiger partial charge in [-0.15, -0.1) is 13.2 Å². The van der Waals surface area contributed by atoms with E-state index in [4.69, 9.17) is 5.73 Å². The SMILES string of the molecule is NC1CCC(C2CCC(OC(F)(F)F)CC2)CC1. The van der Waals surface area contributed by atoms with Crippen molar-refractivity contribution in [2.45, 2.75) is 69.9 Å². The van der Waals surface area contributed by atoms with Gasteiger partial charge in [0.1, 0.15) is 0 Å². The first-order valence-electron chi connectivity index (χ1n) is 6.94. The molecule has 0 spiro atoms. The highest BCUT2D eigenvalue weighted by Crippen LogP contribution is 2.39. The largest absolute Gasteiger partial charge is 0.522 e. The summed E-state index contributed by atoms with van der Waals surface area (Å²) in [5, 5.41) is 0. The quantitative estimate of drug-likeness (QED) is 0.828. The summed E-state index contributed by atoms with van der Waals surface area (Å²) in [6.07, 6.45) is 2.20. The summed E-state index contributed by atoms with van der Waals surface area (Å²) in [7, 11) is 0. The average Bonchev–Trinajstić information content (AvgIpc) is 2.29. The van der Waals surface area contributed by atoms with Gasteiger partial charge in [-0.2, -0.15) is 0 Å². The van der Waals surface area contributed by atoms with Gasteiger partial charge in [-0.1, -0.05) is 0 Å². The molecule has 106 valence electrons. The van der Waals surface area contributed by atoms with Gasteiger partial charge in [-0.05, 0) is 63.2 Å². The molecule has 0 aromatic heterocycles. The molecule has 2 aliphatic rings. The number of rotatable bonds is 2. The molecule has 0 bridgehead atoms. The molecule has 2 N–H and O–H groups in total. The van der Waals surface area contributed by atoms with E-state index in [0.717, 1.165) is 38.5 Å². The van der Waals surface area contributed by atoms with E-state index in [1.54, 1.807) is 0 Å².